The van der Waals surface area contributed by atoms with Crippen LogP contribution in [0.5, 0.6) is 0 Å². The highest BCUT2D eigenvalue weighted by Crippen LogP contribution is 2.37. The van der Waals surface area contributed by atoms with Crippen molar-refractivity contribution in [3.63, 3.8) is 0 Å². The average molecular weight is 552 g/mol. The molecule has 0 aromatic heterocycles. The number of allylic oxidation sites excluding steroid dienone is 3. The van der Waals surface area contributed by atoms with Gasteiger partial charge in [0.2, 0.25) is 0 Å². The smallest absolute Gasteiger partial charge is 0.373 e. The van der Waals surface area contributed by atoms with Gasteiger partial charge in [-0.05, 0) is 68.1 Å². The van der Waals surface area contributed by atoms with E-state index in [0.29, 0.717) is 25.6 Å². The summed E-state index contributed by atoms with van der Waals surface area (Å²) in [5.41, 5.74) is 0.0678. The number of hydrogen-bond donors (Lipinski definition) is 1. The second-order valence-electron chi connectivity index (χ2n) is 9.03. The van der Waals surface area contributed by atoms with Crippen LogP contribution in [0.25, 0.3) is 0 Å². The van der Waals surface area contributed by atoms with Crippen molar-refractivity contribution in [1.82, 2.24) is 5.32 Å². The summed E-state index contributed by atoms with van der Waals surface area (Å²) in [7, 11) is 0. The van der Waals surface area contributed by atoms with Gasteiger partial charge in [-0.3, -0.25) is 0 Å². The van der Waals surface area contributed by atoms with E-state index in [4.69, 9.17) is 4.74 Å². The molecule has 2 unspecified atom stereocenters. The molecule has 2 atom stereocenters. The monoisotopic (exact) mass is 551 g/mol. The molecular formula is C32H42F5NO. The molecule has 0 bridgehead atoms. The van der Waals surface area contributed by atoms with Crippen LogP contribution in [0.2, 0.25) is 0 Å². The van der Waals surface area contributed by atoms with E-state index in [2.05, 4.69) is 11.9 Å². The van der Waals surface area contributed by atoms with Crippen LogP contribution in [-0.4, -0.2) is 19.7 Å². The first kappa shape index (κ1) is 34.3. The number of rotatable bonds is 14. The lowest BCUT2D eigenvalue weighted by Crippen LogP contribution is -2.36. The Hall–Kier alpha value is -2.77. The van der Waals surface area contributed by atoms with Crippen molar-refractivity contribution in [2.24, 2.45) is 0 Å². The quantitative estimate of drug-likeness (QED) is 0.143. The Morgan fingerprint density at radius 1 is 1.03 bits per heavy atom. The summed E-state index contributed by atoms with van der Waals surface area (Å²) in [6, 6.07) is 12.3. The van der Waals surface area contributed by atoms with Gasteiger partial charge in [0.1, 0.15) is 0 Å². The maximum Gasteiger partial charge on any atom is 0.416 e. The van der Waals surface area contributed by atoms with Gasteiger partial charge in [0.05, 0.1) is 18.3 Å². The minimum absolute atomic E-state index is 0.0769. The molecule has 2 nitrogen and oxygen atoms in total. The molecular weight excluding hydrogens is 509 g/mol. The second-order valence-corrected chi connectivity index (χ2v) is 9.03. The molecule has 0 fully saturated rings. The summed E-state index contributed by atoms with van der Waals surface area (Å²) < 4.78 is 72.8. The fraction of sp³-hybridized carbons (Fsp3) is 0.438. The molecule has 0 amide bonds. The highest BCUT2D eigenvalue weighted by atomic mass is 19.4. The molecule has 0 saturated heterocycles. The molecule has 0 spiro atoms. The molecule has 0 aliphatic carbocycles. The summed E-state index contributed by atoms with van der Waals surface area (Å²) in [6.45, 7) is 14.9. The van der Waals surface area contributed by atoms with Crippen molar-refractivity contribution in [3.05, 3.63) is 107 Å². The van der Waals surface area contributed by atoms with Crippen LogP contribution in [0.15, 0.2) is 85.0 Å². The van der Waals surface area contributed by atoms with Gasteiger partial charge in [0.15, 0.2) is 0 Å². The Morgan fingerprint density at radius 3 is 2.21 bits per heavy atom. The maximum absolute atomic E-state index is 13.3. The van der Waals surface area contributed by atoms with Gasteiger partial charge in [-0.1, -0.05) is 82.0 Å². The van der Waals surface area contributed by atoms with Gasteiger partial charge in [0.25, 0.3) is 6.43 Å². The van der Waals surface area contributed by atoms with Crippen LogP contribution >= 0.6 is 0 Å². The number of halogens is 5. The first-order valence-electron chi connectivity index (χ1n) is 13.4. The van der Waals surface area contributed by atoms with Crippen LogP contribution in [0.3, 0.4) is 0 Å². The maximum atomic E-state index is 13.3. The Kier molecular flexibility index (Phi) is 15.0. The summed E-state index contributed by atoms with van der Waals surface area (Å²) in [4.78, 5) is 0. The van der Waals surface area contributed by atoms with Gasteiger partial charge in [-0.2, -0.15) is 13.2 Å². The first-order valence-corrected chi connectivity index (χ1v) is 13.4. The van der Waals surface area contributed by atoms with Gasteiger partial charge in [0, 0.05) is 17.5 Å². The Labute approximate surface area is 230 Å². The van der Waals surface area contributed by atoms with E-state index in [1.807, 2.05) is 76.3 Å². The van der Waals surface area contributed by atoms with Crippen LogP contribution in [0.4, 0.5) is 22.0 Å². The molecule has 0 aliphatic heterocycles. The molecule has 216 valence electrons. The molecule has 2 aromatic carbocycles. The predicted octanol–water partition coefficient (Wildman–Crippen LogP) is 9.76. The SMILES string of the molecule is C=C/C=C\C(=C/C)CNCCC(CC)(COC(C)c1cc(C(F)F)cc(C(F)(F)F)c1)c1ccccc1.CC. The molecule has 39 heavy (non-hydrogen) atoms. The number of hydrogen-bond acceptors (Lipinski definition) is 2. The highest BCUT2D eigenvalue weighted by Gasteiger charge is 2.34. The van der Waals surface area contributed by atoms with Gasteiger partial charge < -0.3 is 10.1 Å². The first-order chi connectivity index (χ1) is 18.6. The molecule has 1 N–H and O–H groups in total. The molecule has 0 heterocycles. The van der Waals surface area contributed by atoms with Gasteiger partial charge in [-0.15, -0.1) is 0 Å². The molecule has 2 aromatic rings. The van der Waals surface area contributed by atoms with E-state index in [9.17, 15) is 22.0 Å². The standard InChI is InChI=1S/C30H36F5NO.C2H6/c1-5-8-12-23(6-2)20-36-16-15-29(7-3,26-13-10-9-11-14-26)21-37-22(4)24-17-25(28(31)32)19-27(18-24)30(33,34)35;1-2/h5-6,8-14,17-19,22,28,36H,1,7,15-16,20-21H2,2-4H3;1-2H3/b12-8-,23-6+;. The number of nitrogens with one attached hydrogen (secondary N) is 1. The lowest BCUT2D eigenvalue weighted by molar-refractivity contribution is -0.137. The van der Waals surface area contributed by atoms with Gasteiger partial charge >= 0.3 is 6.18 Å². The normalized spacial score (nSPS) is 14.6. The molecule has 2 rings (SSSR count). The van der Waals surface area contributed by atoms with Crippen molar-refractivity contribution in [1.29, 1.82) is 0 Å². The second kappa shape index (κ2) is 17.0. The molecule has 7 heteroatoms. The lowest BCUT2D eigenvalue weighted by atomic mass is 9.76. The number of benzene rings is 2. The molecule has 0 saturated carbocycles. The lowest BCUT2D eigenvalue weighted by Gasteiger charge is -2.35. The van der Waals surface area contributed by atoms with Crippen molar-refractivity contribution in [2.45, 2.75) is 71.6 Å². The zero-order chi connectivity index (χ0) is 29.5. The zero-order valence-corrected chi connectivity index (χ0v) is 23.6. The van der Waals surface area contributed by atoms with Crippen molar-refractivity contribution < 1.29 is 26.7 Å². The predicted molar refractivity (Wildman–Crippen MR) is 151 cm³/mol. The molecule has 0 aliphatic rings. The van der Waals surface area contributed by atoms with Crippen molar-refractivity contribution in [2.75, 3.05) is 19.7 Å². The third-order valence-electron chi connectivity index (χ3n) is 6.63. The fourth-order valence-electron chi connectivity index (χ4n) is 4.17. The minimum atomic E-state index is -4.73. The largest absolute Gasteiger partial charge is 0.416 e. The van der Waals surface area contributed by atoms with Crippen LogP contribution in [-0.2, 0) is 16.3 Å². The van der Waals surface area contributed by atoms with E-state index in [0.717, 1.165) is 29.7 Å². The Balaban J connectivity index is 0.00000371. The molecule has 0 radical (unpaired) electrons. The summed E-state index contributed by atoms with van der Waals surface area (Å²) in [5.74, 6) is 0. The highest BCUT2D eigenvalue weighted by molar-refractivity contribution is 5.34. The fourth-order valence-corrected chi connectivity index (χ4v) is 4.17. The zero-order valence-electron chi connectivity index (χ0n) is 23.6. The summed E-state index contributed by atoms with van der Waals surface area (Å²) >= 11 is 0. The number of ether oxygens (including phenoxy) is 1. The summed E-state index contributed by atoms with van der Waals surface area (Å²) in [5, 5.41) is 3.45. The van der Waals surface area contributed by atoms with Crippen LogP contribution < -0.4 is 5.32 Å². The van der Waals surface area contributed by atoms with Gasteiger partial charge in [-0.25, -0.2) is 8.78 Å². The van der Waals surface area contributed by atoms with Crippen molar-refractivity contribution in [3.8, 4) is 0 Å². The van der Waals surface area contributed by atoms with E-state index < -0.39 is 35.2 Å². The summed E-state index contributed by atoms with van der Waals surface area (Å²) in [6.07, 6.45) is 0.491. The van der Waals surface area contributed by atoms with E-state index in [1.54, 1.807) is 13.0 Å². The Morgan fingerprint density at radius 2 is 1.67 bits per heavy atom. The Bertz CT molecular complexity index is 1050. The van der Waals surface area contributed by atoms with Crippen LogP contribution in [0.1, 0.15) is 82.2 Å². The average Bonchev–Trinajstić information content (AvgIpc) is 2.95. The third kappa shape index (κ3) is 10.7. The van der Waals surface area contributed by atoms with E-state index in [-0.39, 0.29) is 12.2 Å². The number of alkyl halides is 5. The van der Waals surface area contributed by atoms with E-state index >= 15 is 0 Å². The third-order valence-corrected chi connectivity index (χ3v) is 6.63. The van der Waals surface area contributed by atoms with E-state index in [1.165, 1.54) is 0 Å². The topological polar surface area (TPSA) is 21.3 Å². The van der Waals surface area contributed by atoms with Crippen LogP contribution in [0, 0.1) is 0 Å². The minimum Gasteiger partial charge on any atom is -0.373 e. The van der Waals surface area contributed by atoms with Crippen molar-refractivity contribution >= 4 is 0 Å².